The summed E-state index contributed by atoms with van der Waals surface area (Å²) in [5.41, 5.74) is 3.15. The highest BCUT2D eigenvalue weighted by Crippen LogP contribution is 2.23. The molecule has 0 atom stereocenters. The summed E-state index contributed by atoms with van der Waals surface area (Å²) in [5, 5.41) is 7.00. The predicted octanol–water partition coefficient (Wildman–Crippen LogP) is 5.33. The molecule has 0 bridgehead atoms. The number of nitrogens with one attached hydrogen (secondary N) is 1. The predicted molar refractivity (Wildman–Crippen MR) is 126 cm³/mol. The minimum absolute atomic E-state index is 0.0823. The van der Waals surface area contributed by atoms with Crippen molar-refractivity contribution in [2.45, 2.75) is 57.0 Å². The average molecular weight is 443 g/mol. The number of hydrogen-bond acceptors (Lipinski definition) is 7. The van der Waals surface area contributed by atoms with Crippen LogP contribution in [0.4, 0.5) is 5.82 Å². The first kappa shape index (κ1) is 22.4. The van der Waals surface area contributed by atoms with Gasteiger partial charge in [0.25, 0.3) is 5.91 Å². The highest BCUT2D eigenvalue weighted by Gasteiger charge is 2.19. The molecule has 1 saturated carbocycles. The molecule has 1 N–H and O–H groups in total. The highest BCUT2D eigenvalue weighted by atomic mass is 33.1. The molecule has 1 heterocycles. The molecule has 0 saturated heterocycles. The topological polar surface area (TPSA) is 76.5 Å². The van der Waals surface area contributed by atoms with Crippen LogP contribution in [-0.2, 0) is 16.1 Å². The van der Waals surface area contributed by atoms with Gasteiger partial charge in [-0.2, -0.15) is 0 Å². The van der Waals surface area contributed by atoms with Gasteiger partial charge in [-0.15, -0.1) is 11.7 Å². The van der Waals surface area contributed by atoms with Crippen molar-refractivity contribution in [3.63, 3.8) is 0 Å². The van der Waals surface area contributed by atoms with Crippen LogP contribution in [-0.4, -0.2) is 27.7 Å². The second-order valence-corrected chi connectivity index (χ2v) is 8.67. The van der Waals surface area contributed by atoms with E-state index in [0.29, 0.717) is 18.0 Å². The molecule has 1 amide bonds. The smallest absolute Gasteiger partial charge is 0.275 e. The van der Waals surface area contributed by atoms with E-state index in [1.807, 2.05) is 44.2 Å². The highest BCUT2D eigenvalue weighted by molar-refractivity contribution is 8.68. The normalized spacial score (nSPS) is 14.4. The Morgan fingerprint density at radius 2 is 1.97 bits per heavy atom. The zero-order chi connectivity index (χ0) is 21.3. The van der Waals surface area contributed by atoms with Gasteiger partial charge in [0, 0.05) is 11.3 Å². The lowest BCUT2D eigenvalue weighted by Crippen LogP contribution is -2.26. The van der Waals surface area contributed by atoms with E-state index in [9.17, 15) is 4.79 Å². The van der Waals surface area contributed by atoms with Crippen LogP contribution in [0.1, 0.15) is 50.8 Å². The molecule has 0 radical (unpaired) electrons. The Morgan fingerprint density at radius 1 is 1.23 bits per heavy atom. The van der Waals surface area contributed by atoms with E-state index in [1.165, 1.54) is 10.8 Å². The fourth-order valence-electron chi connectivity index (χ4n) is 3.11. The molecule has 3 rings (SSSR count). The number of hydrogen-bond donors (Lipinski definition) is 2. The molecular formula is C22H26N4O2S2. The van der Waals surface area contributed by atoms with E-state index in [4.69, 9.17) is 4.84 Å². The first-order valence-corrected chi connectivity index (χ1v) is 11.8. The lowest BCUT2D eigenvalue weighted by atomic mass is 10.1. The van der Waals surface area contributed by atoms with E-state index in [0.717, 1.165) is 47.4 Å². The fourth-order valence-corrected chi connectivity index (χ4v) is 3.73. The van der Waals surface area contributed by atoms with Crippen molar-refractivity contribution in [1.82, 2.24) is 9.97 Å². The monoisotopic (exact) mass is 442 g/mol. The van der Waals surface area contributed by atoms with Gasteiger partial charge in [0.1, 0.15) is 11.8 Å². The van der Waals surface area contributed by atoms with Crippen LogP contribution in [0.5, 0.6) is 0 Å². The molecule has 1 aromatic carbocycles. The van der Waals surface area contributed by atoms with Gasteiger partial charge >= 0.3 is 0 Å². The number of amides is 1. The zero-order valence-corrected chi connectivity index (χ0v) is 18.9. The minimum atomic E-state index is -0.343. The number of anilines is 1. The van der Waals surface area contributed by atoms with Gasteiger partial charge in [0.2, 0.25) is 0 Å². The van der Waals surface area contributed by atoms with Crippen molar-refractivity contribution in [3.05, 3.63) is 53.5 Å². The van der Waals surface area contributed by atoms with Crippen molar-refractivity contribution in [2.24, 2.45) is 5.16 Å². The fraction of sp³-hybridized carbons (Fsp3) is 0.364. The van der Waals surface area contributed by atoms with Crippen molar-refractivity contribution < 1.29 is 9.63 Å². The Kier molecular flexibility index (Phi) is 8.33. The Labute approximate surface area is 186 Å². The molecule has 158 valence electrons. The van der Waals surface area contributed by atoms with Crippen LogP contribution in [0.2, 0.25) is 0 Å². The third kappa shape index (κ3) is 6.88. The maximum atomic E-state index is 12.9. The molecule has 30 heavy (non-hydrogen) atoms. The van der Waals surface area contributed by atoms with Gasteiger partial charge in [0.15, 0.2) is 5.82 Å². The molecule has 1 aromatic heterocycles. The summed E-state index contributed by atoms with van der Waals surface area (Å²) in [7, 11) is 1.38. The van der Waals surface area contributed by atoms with Gasteiger partial charge in [-0.3, -0.25) is 9.78 Å². The lowest BCUT2D eigenvalue weighted by molar-refractivity contribution is -0.110. The van der Waals surface area contributed by atoms with Crippen LogP contribution in [0.15, 0.2) is 52.3 Å². The Morgan fingerprint density at radius 3 is 2.57 bits per heavy atom. The summed E-state index contributed by atoms with van der Waals surface area (Å²) in [4.78, 5) is 28.2. The number of aromatic nitrogens is 2. The molecule has 6 nitrogen and oxygen atoms in total. The van der Waals surface area contributed by atoms with Crippen LogP contribution in [0.3, 0.4) is 0 Å². The van der Waals surface area contributed by atoms with Crippen LogP contribution in [0, 0.1) is 0 Å². The number of nitrogens with zero attached hydrogens (tertiary/aromatic N) is 3. The SMILES string of the molecule is CC(C)=Cc1cnc(NC(=O)/C(Cc2ccc(SS)cc2)=N\OC2CCCC2)cn1. The van der Waals surface area contributed by atoms with E-state index < -0.39 is 0 Å². The number of carbonyl (C=O) groups is 1. The molecule has 8 heteroatoms. The molecular weight excluding hydrogens is 416 g/mol. The molecule has 2 aromatic rings. The largest absolute Gasteiger partial charge is 0.392 e. The van der Waals surface area contributed by atoms with Crippen LogP contribution < -0.4 is 5.32 Å². The number of carbonyl (C=O) groups excluding carboxylic acids is 1. The summed E-state index contributed by atoms with van der Waals surface area (Å²) in [6, 6.07) is 7.86. The van der Waals surface area contributed by atoms with Gasteiger partial charge < -0.3 is 10.2 Å². The molecule has 0 unspecified atom stereocenters. The maximum Gasteiger partial charge on any atom is 0.275 e. The standard InChI is InChI=1S/C22H26N4O2S2/c1-15(2)11-17-13-24-21(14-23-17)25-22(27)20(26-28-18-5-3-4-6-18)12-16-7-9-19(30-29)10-8-16/h7-11,13-14,18,29H,3-6,12H2,1-2H3,(H,24,25,27)/b26-20-. The van der Waals surface area contributed by atoms with Crippen LogP contribution in [0.25, 0.3) is 6.08 Å². The number of thiol groups is 1. The van der Waals surface area contributed by atoms with E-state index >= 15 is 0 Å². The van der Waals surface area contributed by atoms with Crippen LogP contribution >= 0.6 is 22.5 Å². The Bertz CT molecular complexity index is 902. The first-order chi connectivity index (χ1) is 14.5. The Hall–Kier alpha value is -2.32. The average Bonchev–Trinajstić information content (AvgIpc) is 3.26. The van der Waals surface area contributed by atoms with Crippen molar-refractivity contribution >= 4 is 46.0 Å². The molecule has 1 aliphatic rings. The first-order valence-electron chi connectivity index (χ1n) is 9.95. The van der Waals surface area contributed by atoms with E-state index in [2.05, 4.69) is 32.1 Å². The van der Waals surface area contributed by atoms with E-state index in [-0.39, 0.29) is 12.0 Å². The second-order valence-electron chi connectivity index (χ2n) is 7.46. The number of oxime groups is 1. The minimum Gasteiger partial charge on any atom is -0.392 e. The molecule has 1 aliphatic carbocycles. The van der Waals surface area contributed by atoms with Gasteiger partial charge in [-0.25, -0.2) is 4.98 Å². The zero-order valence-electron chi connectivity index (χ0n) is 17.2. The second kappa shape index (κ2) is 11.2. The molecule has 0 aliphatic heterocycles. The van der Waals surface area contributed by atoms with Gasteiger partial charge in [-0.05, 0) is 63.3 Å². The molecule has 1 fully saturated rings. The maximum absolute atomic E-state index is 12.9. The summed E-state index contributed by atoms with van der Waals surface area (Å²) in [6.07, 6.45) is 9.76. The van der Waals surface area contributed by atoms with Gasteiger partial charge in [-0.1, -0.05) is 33.7 Å². The third-order valence-corrected chi connectivity index (χ3v) is 5.74. The summed E-state index contributed by atoms with van der Waals surface area (Å²) in [5.74, 6) is 0.0335. The summed E-state index contributed by atoms with van der Waals surface area (Å²) < 4.78 is 0. The number of allylic oxidation sites excluding steroid dienone is 1. The van der Waals surface area contributed by atoms with E-state index in [1.54, 1.807) is 12.4 Å². The quantitative estimate of drug-likeness (QED) is 0.250. The molecule has 0 spiro atoms. The van der Waals surface area contributed by atoms with Crippen molar-refractivity contribution in [1.29, 1.82) is 0 Å². The third-order valence-electron chi connectivity index (χ3n) is 4.63. The van der Waals surface area contributed by atoms with Crippen molar-refractivity contribution in [2.75, 3.05) is 5.32 Å². The number of benzene rings is 1. The lowest BCUT2D eigenvalue weighted by Gasteiger charge is -2.11. The van der Waals surface area contributed by atoms with Crippen molar-refractivity contribution in [3.8, 4) is 0 Å². The van der Waals surface area contributed by atoms with Gasteiger partial charge in [0.05, 0.1) is 18.1 Å². The summed E-state index contributed by atoms with van der Waals surface area (Å²) in [6.45, 7) is 3.98. The Balaban J connectivity index is 1.72. The summed E-state index contributed by atoms with van der Waals surface area (Å²) >= 11 is 4.20. The number of rotatable bonds is 8.